The molecule has 6 heteroatoms. The fraction of sp³-hybridized carbons (Fsp3) is 0.350. The summed E-state index contributed by atoms with van der Waals surface area (Å²) in [6, 6.07) is 16.4. The van der Waals surface area contributed by atoms with E-state index >= 15 is 0 Å². The van der Waals surface area contributed by atoms with Crippen molar-refractivity contribution in [3.63, 3.8) is 0 Å². The van der Waals surface area contributed by atoms with E-state index in [-0.39, 0.29) is 36.4 Å². The quantitative estimate of drug-likeness (QED) is 0.670. The van der Waals surface area contributed by atoms with Gasteiger partial charge in [0.15, 0.2) is 5.78 Å². The summed E-state index contributed by atoms with van der Waals surface area (Å²) in [4.78, 5) is 16.1. The molecule has 0 aromatic heterocycles. The molecule has 1 saturated heterocycles. The Morgan fingerprint density at radius 2 is 1.62 bits per heavy atom. The van der Waals surface area contributed by atoms with Crippen LogP contribution in [0.15, 0.2) is 54.6 Å². The zero-order valence-corrected chi connectivity index (χ0v) is 16.2. The maximum Gasteiger partial charge on any atom is 0.163 e. The fourth-order valence-electron chi connectivity index (χ4n) is 3.25. The van der Waals surface area contributed by atoms with Crippen molar-refractivity contribution in [3.05, 3.63) is 66.0 Å². The lowest BCUT2D eigenvalue weighted by atomic mass is 10.1. The first kappa shape index (κ1) is 22.4. The second-order valence-electron chi connectivity index (χ2n) is 6.36. The smallest absolute Gasteiger partial charge is 0.163 e. The number of carbonyl (C=O) groups is 1. The van der Waals surface area contributed by atoms with Crippen molar-refractivity contribution in [1.29, 1.82) is 0 Å². The average molecular weight is 399 g/mol. The summed E-state index contributed by atoms with van der Waals surface area (Å²) in [6.45, 7) is 5.37. The van der Waals surface area contributed by atoms with Crippen molar-refractivity contribution in [2.75, 3.05) is 37.6 Å². The van der Waals surface area contributed by atoms with Crippen LogP contribution in [0.25, 0.3) is 0 Å². The number of para-hydroxylation sites is 1. The summed E-state index contributed by atoms with van der Waals surface area (Å²) in [5, 5.41) is 0. The second kappa shape index (κ2) is 11.2. The van der Waals surface area contributed by atoms with Gasteiger partial charge in [-0.05, 0) is 36.4 Å². The van der Waals surface area contributed by atoms with E-state index < -0.39 is 0 Å². The topological polar surface area (TPSA) is 24.8 Å². The standard InChI is InChI=1S/C20H23FN2O.2ClH/c21-18-10-8-17(9-11-18)20(24)7-4-12-22-13-15-23(16-14-22)19-5-2-1-3-6-19;;/h1-3,5-6,8-11H,4,7,12-16H2;2*1H. The Kier molecular flexibility index (Phi) is 9.63. The first-order valence-corrected chi connectivity index (χ1v) is 8.65. The van der Waals surface area contributed by atoms with Gasteiger partial charge in [-0.15, -0.1) is 12.4 Å². The van der Waals surface area contributed by atoms with Gasteiger partial charge in [0.2, 0.25) is 0 Å². The van der Waals surface area contributed by atoms with Gasteiger partial charge in [-0.25, -0.2) is 4.39 Å². The minimum atomic E-state index is -0.299. The third kappa shape index (κ3) is 6.27. The molecule has 0 spiro atoms. The van der Waals surface area contributed by atoms with E-state index in [0.717, 1.165) is 39.1 Å². The number of rotatable bonds is 6. The van der Waals surface area contributed by atoms with Crippen molar-refractivity contribution in [2.45, 2.75) is 12.8 Å². The largest absolute Gasteiger partial charge is 1.00 e. The molecule has 1 aliphatic rings. The molecule has 0 amide bonds. The predicted octanol–water partition coefficient (Wildman–Crippen LogP) is -0.380. The van der Waals surface area contributed by atoms with Gasteiger partial charge >= 0.3 is 0 Å². The zero-order valence-electron chi connectivity index (χ0n) is 14.7. The number of quaternary nitrogens is 1. The number of halogens is 3. The van der Waals surface area contributed by atoms with E-state index in [4.69, 9.17) is 0 Å². The average Bonchev–Trinajstić information content (AvgIpc) is 2.63. The van der Waals surface area contributed by atoms with E-state index in [1.165, 1.54) is 17.8 Å². The molecule has 2 aromatic rings. The van der Waals surface area contributed by atoms with Gasteiger partial charge in [0.25, 0.3) is 0 Å². The van der Waals surface area contributed by atoms with Gasteiger partial charge < -0.3 is 22.2 Å². The van der Waals surface area contributed by atoms with Crippen LogP contribution < -0.4 is 22.2 Å². The summed E-state index contributed by atoms with van der Waals surface area (Å²) < 4.78 is 12.9. The molecule has 0 unspecified atom stereocenters. The van der Waals surface area contributed by atoms with Crippen LogP contribution in [0.4, 0.5) is 10.1 Å². The van der Waals surface area contributed by atoms with E-state index in [1.54, 1.807) is 17.0 Å². The maximum atomic E-state index is 12.9. The van der Waals surface area contributed by atoms with Gasteiger partial charge in [-0.2, -0.15) is 0 Å². The minimum Gasteiger partial charge on any atom is -1.00 e. The lowest BCUT2D eigenvalue weighted by Crippen LogP contribution is -3.14. The number of carbonyl (C=O) groups excluding carboxylic acids is 1. The lowest BCUT2D eigenvalue weighted by molar-refractivity contribution is -0.900. The summed E-state index contributed by atoms with van der Waals surface area (Å²) in [5.41, 5.74) is 1.91. The molecule has 1 N–H and O–H groups in total. The molecule has 0 saturated carbocycles. The first-order valence-electron chi connectivity index (χ1n) is 8.65. The molecule has 0 bridgehead atoms. The molecule has 142 valence electrons. The number of nitrogens with zero attached hydrogens (tertiary/aromatic N) is 1. The van der Waals surface area contributed by atoms with E-state index in [1.807, 2.05) is 6.07 Å². The Balaban J connectivity index is 0.00000169. The monoisotopic (exact) mass is 398 g/mol. The van der Waals surface area contributed by atoms with Crippen molar-refractivity contribution < 1.29 is 26.5 Å². The van der Waals surface area contributed by atoms with E-state index in [0.29, 0.717) is 12.0 Å². The molecule has 2 aromatic carbocycles. The van der Waals surface area contributed by atoms with Crippen LogP contribution >= 0.6 is 12.4 Å². The molecule has 26 heavy (non-hydrogen) atoms. The molecule has 3 nitrogen and oxygen atoms in total. The molecule has 0 radical (unpaired) electrons. The highest BCUT2D eigenvalue weighted by Gasteiger charge is 2.20. The van der Waals surface area contributed by atoms with Crippen LogP contribution in [0.5, 0.6) is 0 Å². The molecular formula is C20H25Cl2FN2O. The maximum absolute atomic E-state index is 12.9. The molecule has 0 aliphatic carbocycles. The van der Waals surface area contributed by atoms with Gasteiger partial charge in [0, 0.05) is 24.1 Å². The summed E-state index contributed by atoms with van der Waals surface area (Å²) >= 11 is 0. The number of piperazine rings is 1. The van der Waals surface area contributed by atoms with Gasteiger partial charge in [0.1, 0.15) is 5.82 Å². The molecule has 3 rings (SSSR count). The van der Waals surface area contributed by atoms with Gasteiger partial charge in [0.05, 0.1) is 32.7 Å². The lowest BCUT2D eigenvalue weighted by Gasteiger charge is -2.33. The first-order chi connectivity index (χ1) is 11.7. The Morgan fingerprint density at radius 3 is 2.23 bits per heavy atom. The fourth-order valence-corrected chi connectivity index (χ4v) is 3.25. The number of Topliss-reactive ketones (excluding diaryl/α,β-unsaturated/α-hetero) is 1. The summed E-state index contributed by atoms with van der Waals surface area (Å²) in [6.07, 6.45) is 1.43. The Morgan fingerprint density at radius 1 is 1.00 bits per heavy atom. The molecule has 0 atom stereocenters. The van der Waals surface area contributed by atoms with Crippen molar-refractivity contribution in [3.8, 4) is 0 Å². The summed E-state index contributed by atoms with van der Waals surface area (Å²) in [5.74, 6) is -0.190. The minimum absolute atomic E-state index is 0. The van der Waals surface area contributed by atoms with Crippen molar-refractivity contribution >= 4 is 23.9 Å². The number of ketones is 1. The van der Waals surface area contributed by atoms with Crippen LogP contribution in [-0.2, 0) is 0 Å². The van der Waals surface area contributed by atoms with Crippen LogP contribution in [0.2, 0.25) is 0 Å². The van der Waals surface area contributed by atoms with Crippen LogP contribution in [0.1, 0.15) is 23.2 Å². The molecule has 1 heterocycles. The number of benzene rings is 2. The normalized spacial score (nSPS) is 14.3. The van der Waals surface area contributed by atoms with Crippen LogP contribution in [0, 0.1) is 5.82 Å². The second-order valence-corrected chi connectivity index (χ2v) is 6.36. The molecule has 1 fully saturated rings. The van der Waals surface area contributed by atoms with Crippen molar-refractivity contribution in [1.82, 2.24) is 0 Å². The Hall–Kier alpha value is -1.62. The van der Waals surface area contributed by atoms with Gasteiger partial charge in [-0.3, -0.25) is 4.79 Å². The summed E-state index contributed by atoms with van der Waals surface area (Å²) in [7, 11) is 0. The third-order valence-electron chi connectivity index (χ3n) is 4.69. The van der Waals surface area contributed by atoms with E-state index in [9.17, 15) is 9.18 Å². The number of nitrogens with one attached hydrogen (secondary N) is 1. The van der Waals surface area contributed by atoms with Gasteiger partial charge in [-0.1, -0.05) is 18.2 Å². The number of hydrogen-bond acceptors (Lipinski definition) is 2. The molecular weight excluding hydrogens is 374 g/mol. The molecule has 1 aliphatic heterocycles. The predicted molar refractivity (Wildman–Crippen MR) is 101 cm³/mol. The van der Waals surface area contributed by atoms with Crippen LogP contribution in [-0.4, -0.2) is 38.5 Å². The Labute approximate surface area is 167 Å². The zero-order chi connectivity index (χ0) is 16.8. The van der Waals surface area contributed by atoms with E-state index in [2.05, 4.69) is 29.2 Å². The van der Waals surface area contributed by atoms with Crippen LogP contribution in [0.3, 0.4) is 0 Å². The third-order valence-corrected chi connectivity index (χ3v) is 4.69. The Bertz CT molecular complexity index is 659. The number of anilines is 1. The highest BCUT2D eigenvalue weighted by Crippen LogP contribution is 2.12. The highest BCUT2D eigenvalue weighted by atomic mass is 35.5. The number of hydrogen-bond donors (Lipinski definition) is 1. The van der Waals surface area contributed by atoms with Crippen molar-refractivity contribution in [2.24, 2.45) is 0 Å². The SMILES string of the molecule is Cl.O=C(CCC[NH+]1CCN(c2ccccc2)CC1)c1ccc(F)cc1.[Cl-]. The highest BCUT2D eigenvalue weighted by molar-refractivity contribution is 5.95.